The lowest BCUT2D eigenvalue weighted by Gasteiger charge is -2.30. The summed E-state index contributed by atoms with van der Waals surface area (Å²) in [6.07, 6.45) is 1.72. The summed E-state index contributed by atoms with van der Waals surface area (Å²) in [6.45, 7) is 4.27. The third-order valence-electron chi connectivity index (χ3n) is 3.89. The molecule has 1 fully saturated rings. The first-order valence-electron chi connectivity index (χ1n) is 7.00. The summed E-state index contributed by atoms with van der Waals surface area (Å²) >= 11 is 0. The van der Waals surface area contributed by atoms with Crippen molar-refractivity contribution in [2.24, 2.45) is 5.92 Å². The van der Waals surface area contributed by atoms with Crippen LogP contribution in [-0.2, 0) is 16.1 Å². The number of ketones is 1. The van der Waals surface area contributed by atoms with Gasteiger partial charge in [0.05, 0.1) is 13.0 Å². The van der Waals surface area contributed by atoms with E-state index in [4.69, 9.17) is 4.74 Å². The van der Waals surface area contributed by atoms with E-state index in [0.717, 1.165) is 38.0 Å². The molecule has 2 rings (SSSR count). The molecule has 4 nitrogen and oxygen atoms in total. The molecule has 1 aliphatic rings. The summed E-state index contributed by atoms with van der Waals surface area (Å²) in [5, 5.41) is 0. The van der Waals surface area contributed by atoms with Crippen LogP contribution in [0.1, 0.15) is 35.7 Å². The highest BCUT2D eigenvalue weighted by Crippen LogP contribution is 2.20. The van der Waals surface area contributed by atoms with Crippen LogP contribution in [0.3, 0.4) is 0 Å². The second-order valence-corrected chi connectivity index (χ2v) is 5.33. The Labute approximate surface area is 119 Å². The predicted octanol–water partition coefficient (Wildman–Crippen LogP) is 2.27. The number of methoxy groups -OCH3 is 1. The van der Waals surface area contributed by atoms with Gasteiger partial charge in [-0.3, -0.25) is 14.5 Å². The predicted molar refractivity (Wildman–Crippen MR) is 76.5 cm³/mol. The van der Waals surface area contributed by atoms with E-state index in [1.807, 2.05) is 24.3 Å². The smallest absolute Gasteiger partial charge is 0.308 e. The van der Waals surface area contributed by atoms with Crippen molar-refractivity contribution < 1.29 is 14.3 Å². The van der Waals surface area contributed by atoms with Crippen LogP contribution in [0.5, 0.6) is 0 Å². The fraction of sp³-hybridized carbons (Fsp3) is 0.500. The number of likely N-dealkylation sites (tertiary alicyclic amines) is 1. The molecule has 0 saturated carbocycles. The quantitative estimate of drug-likeness (QED) is 0.624. The van der Waals surface area contributed by atoms with Gasteiger partial charge in [0.2, 0.25) is 0 Å². The molecule has 0 amide bonds. The molecule has 0 aromatic heterocycles. The average molecular weight is 275 g/mol. The molecule has 108 valence electrons. The highest BCUT2D eigenvalue weighted by Gasteiger charge is 2.25. The van der Waals surface area contributed by atoms with Crippen molar-refractivity contribution in [1.29, 1.82) is 0 Å². The van der Waals surface area contributed by atoms with Crippen LogP contribution in [0.15, 0.2) is 24.3 Å². The molecule has 1 aliphatic heterocycles. The molecule has 0 bridgehead atoms. The number of benzene rings is 1. The molecule has 0 N–H and O–H groups in total. The van der Waals surface area contributed by atoms with Crippen LogP contribution < -0.4 is 0 Å². The van der Waals surface area contributed by atoms with Gasteiger partial charge in [0.15, 0.2) is 5.78 Å². The third-order valence-corrected chi connectivity index (χ3v) is 3.89. The van der Waals surface area contributed by atoms with Crippen LogP contribution in [0, 0.1) is 5.92 Å². The van der Waals surface area contributed by atoms with Gasteiger partial charge in [0.25, 0.3) is 0 Å². The van der Waals surface area contributed by atoms with Gasteiger partial charge in [-0.1, -0.05) is 24.3 Å². The molecule has 0 aliphatic carbocycles. The number of carbonyl (C=O) groups excluding carboxylic acids is 2. The maximum absolute atomic E-state index is 11.5. The Morgan fingerprint density at radius 1 is 1.20 bits per heavy atom. The molecule has 4 heteroatoms. The van der Waals surface area contributed by atoms with Crippen molar-refractivity contribution in [2.75, 3.05) is 20.2 Å². The van der Waals surface area contributed by atoms with Crippen molar-refractivity contribution in [3.05, 3.63) is 35.4 Å². The van der Waals surface area contributed by atoms with Gasteiger partial charge in [0, 0.05) is 12.1 Å². The zero-order valence-corrected chi connectivity index (χ0v) is 12.1. The molecular formula is C16H21NO3. The van der Waals surface area contributed by atoms with Gasteiger partial charge < -0.3 is 4.74 Å². The lowest BCUT2D eigenvalue weighted by molar-refractivity contribution is -0.147. The second kappa shape index (κ2) is 6.66. The van der Waals surface area contributed by atoms with Gasteiger partial charge in [-0.15, -0.1) is 0 Å². The van der Waals surface area contributed by atoms with E-state index in [0.29, 0.717) is 0 Å². The summed E-state index contributed by atoms with van der Waals surface area (Å²) in [6, 6.07) is 7.75. The fourth-order valence-electron chi connectivity index (χ4n) is 2.60. The molecule has 1 saturated heterocycles. The fourth-order valence-corrected chi connectivity index (χ4v) is 2.60. The Morgan fingerprint density at radius 2 is 1.80 bits per heavy atom. The Balaban J connectivity index is 1.86. The summed E-state index contributed by atoms with van der Waals surface area (Å²) in [7, 11) is 1.45. The largest absolute Gasteiger partial charge is 0.469 e. The number of esters is 1. The van der Waals surface area contributed by atoms with Gasteiger partial charge in [-0.2, -0.15) is 0 Å². The zero-order chi connectivity index (χ0) is 14.5. The van der Waals surface area contributed by atoms with E-state index in [2.05, 4.69) is 4.90 Å². The minimum atomic E-state index is -0.0875. The summed E-state index contributed by atoms with van der Waals surface area (Å²) in [5.74, 6) is 0.0576. The first kappa shape index (κ1) is 14.7. The van der Waals surface area contributed by atoms with Gasteiger partial charge in [0.1, 0.15) is 0 Å². The maximum Gasteiger partial charge on any atom is 0.308 e. The summed E-state index contributed by atoms with van der Waals surface area (Å²) in [5.41, 5.74) is 1.95. The minimum absolute atomic E-state index is 0.0522. The molecule has 0 radical (unpaired) electrons. The lowest BCUT2D eigenvalue weighted by Crippen LogP contribution is -2.36. The Hall–Kier alpha value is -1.68. The van der Waals surface area contributed by atoms with Crippen LogP contribution >= 0.6 is 0 Å². The highest BCUT2D eigenvalue weighted by molar-refractivity contribution is 5.93. The zero-order valence-electron chi connectivity index (χ0n) is 12.1. The SMILES string of the molecule is COC(=O)C1CCN(Cc2ccc(C(C)=O)cc2)CC1. The number of carbonyl (C=O) groups is 2. The van der Waals surface area contributed by atoms with Crippen molar-refractivity contribution in [1.82, 2.24) is 4.90 Å². The van der Waals surface area contributed by atoms with Crippen molar-refractivity contribution in [2.45, 2.75) is 26.3 Å². The molecule has 0 unspecified atom stereocenters. The van der Waals surface area contributed by atoms with Crippen LogP contribution in [0.4, 0.5) is 0 Å². The van der Waals surface area contributed by atoms with Crippen LogP contribution in [0.25, 0.3) is 0 Å². The topological polar surface area (TPSA) is 46.6 Å². The monoisotopic (exact) mass is 275 g/mol. The maximum atomic E-state index is 11.5. The van der Waals surface area contributed by atoms with Gasteiger partial charge in [-0.05, 0) is 38.4 Å². The van der Waals surface area contributed by atoms with Gasteiger partial charge in [-0.25, -0.2) is 0 Å². The molecule has 20 heavy (non-hydrogen) atoms. The first-order valence-corrected chi connectivity index (χ1v) is 7.00. The number of hydrogen-bond acceptors (Lipinski definition) is 4. The van der Waals surface area contributed by atoms with E-state index >= 15 is 0 Å². The average Bonchev–Trinajstić information content (AvgIpc) is 2.48. The van der Waals surface area contributed by atoms with Crippen molar-refractivity contribution >= 4 is 11.8 Å². The van der Waals surface area contributed by atoms with E-state index in [1.165, 1.54) is 12.7 Å². The summed E-state index contributed by atoms with van der Waals surface area (Å²) < 4.78 is 4.79. The molecule has 1 aromatic carbocycles. The minimum Gasteiger partial charge on any atom is -0.469 e. The normalized spacial score (nSPS) is 16.9. The Bertz CT molecular complexity index is 473. The molecule has 0 spiro atoms. The van der Waals surface area contributed by atoms with Crippen molar-refractivity contribution in [3.63, 3.8) is 0 Å². The highest BCUT2D eigenvalue weighted by atomic mass is 16.5. The van der Waals surface area contributed by atoms with E-state index in [9.17, 15) is 9.59 Å². The molecular weight excluding hydrogens is 254 g/mol. The molecule has 1 aromatic rings. The number of nitrogens with zero attached hydrogens (tertiary/aromatic N) is 1. The lowest BCUT2D eigenvalue weighted by atomic mass is 9.96. The second-order valence-electron chi connectivity index (χ2n) is 5.33. The Morgan fingerprint density at radius 3 is 2.30 bits per heavy atom. The molecule has 1 heterocycles. The summed E-state index contributed by atoms with van der Waals surface area (Å²) in [4.78, 5) is 25.0. The van der Waals surface area contributed by atoms with E-state index < -0.39 is 0 Å². The van der Waals surface area contributed by atoms with E-state index in [1.54, 1.807) is 6.92 Å². The number of rotatable bonds is 4. The number of ether oxygens (including phenoxy) is 1. The van der Waals surface area contributed by atoms with E-state index in [-0.39, 0.29) is 17.7 Å². The number of Topliss-reactive ketones (excluding diaryl/α,β-unsaturated/α-hetero) is 1. The van der Waals surface area contributed by atoms with Gasteiger partial charge >= 0.3 is 5.97 Å². The third kappa shape index (κ3) is 3.67. The van der Waals surface area contributed by atoms with Crippen LogP contribution in [0.2, 0.25) is 0 Å². The Kier molecular flexibility index (Phi) is 4.90. The van der Waals surface area contributed by atoms with Crippen molar-refractivity contribution in [3.8, 4) is 0 Å². The van der Waals surface area contributed by atoms with Crippen LogP contribution in [-0.4, -0.2) is 36.9 Å². The molecule has 0 atom stereocenters. The first-order chi connectivity index (χ1) is 9.60. The number of piperidine rings is 1. The number of hydrogen-bond donors (Lipinski definition) is 0. The standard InChI is InChI=1S/C16H21NO3/c1-12(18)14-5-3-13(4-6-14)11-17-9-7-15(8-10-17)16(19)20-2/h3-6,15H,7-11H2,1-2H3.